The third kappa shape index (κ3) is 5.10. The largest absolute Gasteiger partial charge is 0.378 e. The third-order valence-electron chi connectivity index (χ3n) is 4.94. The van der Waals surface area contributed by atoms with Crippen molar-refractivity contribution in [3.05, 3.63) is 65.2 Å². The number of hydrogen-bond acceptors (Lipinski definition) is 3. The molecule has 0 bridgehead atoms. The summed E-state index contributed by atoms with van der Waals surface area (Å²) in [4.78, 5) is 17.0. The SMILES string of the molecule is CC(C)Cc1ccc(C(=O)N(C)Cc2ccccc2N2CCOCC2)cc1. The molecule has 1 heterocycles. The zero-order chi connectivity index (χ0) is 19.2. The minimum Gasteiger partial charge on any atom is -0.378 e. The van der Waals surface area contributed by atoms with E-state index in [0.717, 1.165) is 38.3 Å². The second kappa shape index (κ2) is 9.05. The Morgan fingerprint density at radius 1 is 1.07 bits per heavy atom. The van der Waals surface area contributed by atoms with Gasteiger partial charge >= 0.3 is 0 Å². The van der Waals surface area contributed by atoms with Gasteiger partial charge in [-0.15, -0.1) is 0 Å². The van der Waals surface area contributed by atoms with Crippen molar-refractivity contribution in [3.8, 4) is 0 Å². The monoisotopic (exact) mass is 366 g/mol. The summed E-state index contributed by atoms with van der Waals surface area (Å²) in [6.45, 7) is 8.31. The molecule has 2 aromatic rings. The molecular weight excluding hydrogens is 336 g/mol. The molecule has 0 aromatic heterocycles. The molecule has 144 valence electrons. The second-order valence-corrected chi connectivity index (χ2v) is 7.68. The number of hydrogen-bond donors (Lipinski definition) is 0. The van der Waals surface area contributed by atoms with Crippen molar-refractivity contribution in [3.63, 3.8) is 0 Å². The van der Waals surface area contributed by atoms with Crippen molar-refractivity contribution in [1.82, 2.24) is 4.90 Å². The fraction of sp³-hybridized carbons (Fsp3) is 0.435. The number of ether oxygens (including phenoxy) is 1. The zero-order valence-electron chi connectivity index (χ0n) is 16.6. The average molecular weight is 367 g/mol. The highest BCUT2D eigenvalue weighted by molar-refractivity contribution is 5.94. The highest BCUT2D eigenvalue weighted by atomic mass is 16.5. The molecule has 1 saturated heterocycles. The summed E-state index contributed by atoms with van der Waals surface area (Å²) in [5.41, 5.74) is 4.40. The van der Waals surface area contributed by atoms with E-state index in [1.165, 1.54) is 16.8 Å². The van der Waals surface area contributed by atoms with Crippen LogP contribution in [0.15, 0.2) is 48.5 Å². The number of para-hydroxylation sites is 1. The first kappa shape index (κ1) is 19.4. The minimum absolute atomic E-state index is 0.0582. The Morgan fingerprint density at radius 2 is 1.74 bits per heavy atom. The van der Waals surface area contributed by atoms with Crippen LogP contribution in [0.25, 0.3) is 0 Å². The molecule has 4 heteroatoms. The molecule has 0 atom stereocenters. The van der Waals surface area contributed by atoms with E-state index in [1.807, 2.05) is 25.2 Å². The molecule has 0 N–H and O–H groups in total. The van der Waals surface area contributed by atoms with Gasteiger partial charge in [0.25, 0.3) is 5.91 Å². The Kier molecular flexibility index (Phi) is 6.51. The summed E-state index contributed by atoms with van der Waals surface area (Å²) in [5.74, 6) is 0.675. The number of nitrogens with zero attached hydrogens (tertiary/aromatic N) is 2. The number of benzene rings is 2. The van der Waals surface area contributed by atoms with Crippen LogP contribution in [-0.2, 0) is 17.7 Å². The Bertz CT molecular complexity index is 749. The van der Waals surface area contributed by atoms with E-state index in [0.29, 0.717) is 12.5 Å². The molecule has 1 aliphatic rings. The maximum atomic E-state index is 12.9. The van der Waals surface area contributed by atoms with E-state index in [9.17, 15) is 4.79 Å². The molecule has 0 saturated carbocycles. The van der Waals surface area contributed by atoms with Gasteiger partial charge in [0.15, 0.2) is 0 Å². The molecule has 3 rings (SSSR count). The van der Waals surface area contributed by atoms with Gasteiger partial charge in [-0.2, -0.15) is 0 Å². The van der Waals surface area contributed by atoms with E-state index in [-0.39, 0.29) is 5.91 Å². The third-order valence-corrected chi connectivity index (χ3v) is 4.94. The van der Waals surface area contributed by atoms with Gasteiger partial charge in [0.1, 0.15) is 0 Å². The molecule has 0 unspecified atom stereocenters. The predicted molar refractivity (Wildman–Crippen MR) is 110 cm³/mol. The average Bonchev–Trinajstić information content (AvgIpc) is 2.68. The van der Waals surface area contributed by atoms with Crippen LogP contribution in [0.2, 0.25) is 0 Å². The summed E-state index contributed by atoms with van der Waals surface area (Å²) in [6.07, 6.45) is 1.04. The number of morpholine rings is 1. The number of amides is 1. The van der Waals surface area contributed by atoms with Crippen molar-refractivity contribution < 1.29 is 9.53 Å². The van der Waals surface area contributed by atoms with Gasteiger partial charge < -0.3 is 14.5 Å². The molecule has 27 heavy (non-hydrogen) atoms. The number of rotatable bonds is 6. The Labute approximate surface area is 162 Å². The van der Waals surface area contributed by atoms with Gasteiger partial charge in [-0.1, -0.05) is 44.2 Å². The van der Waals surface area contributed by atoms with Crippen LogP contribution < -0.4 is 4.90 Å². The van der Waals surface area contributed by atoms with Gasteiger partial charge in [0, 0.05) is 37.9 Å². The standard InChI is InChI=1S/C23H30N2O2/c1-18(2)16-19-8-10-20(11-9-19)23(26)24(3)17-21-6-4-5-7-22(21)25-12-14-27-15-13-25/h4-11,18H,12-17H2,1-3H3. The smallest absolute Gasteiger partial charge is 0.253 e. The van der Waals surface area contributed by atoms with Crippen LogP contribution in [0.1, 0.15) is 35.3 Å². The van der Waals surface area contributed by atoms with Crippen molar-refractivity contribution in [2.45, 2.75) is 26.8 Å². The molecule has 2 aromatic carbocycles. The van der Waals surface area contributed by atoms with Crippen LogP contribution in [0.4, 0.5) is 5.69 Å². The maximum absolute atomic E-state index is 12.9. The first-order valence-electron chi connectivity index (χ1n) is 9.79. The normalized spacial score (nSPS) is 14.4. The molecule has 1 aliphatic heterocycles. The van der Waals surface area contributed by atoms with Crippen molar-refractivity contribution in [2.75, 3.05) is 38.3 Å². The molecule has 1 amide bonds. The molecule has 0 spiro atoms. The summed E-state index contributed by atoms with van der Waals surface area (Å²) in [7, 11) is 1.88. The number of carbonyl (C=O) groups excluding carboxylic acids is 1. The lowest BCUT2D eigenvalue weighted by Gasteiger charge is -2.31. The summed E-state index contributed by atoms with van der Waals surface area (Å²) < 4.78 is 5.47. The summed E-state index contributed by atoms with van der Waals surface area (Å²) in [6, 6.07) is 16.4. The van der Waals surface area contributed by atoms with Crippen molar-refractivity contribution in [1.29, 1.82) is 0 Å². The second-order valence-electron chi connectivity index (χ2n) is 7.68. The molecular formula is C23H30N2O2. The van der Waals surface area contributed by atoms with Gasteiger partial charge in [0.2, 0.25) is 0 Å². The maximum Gasteiger partial charge on any atom is 0.253 e. The highest BCUT2D eigenvalue weighted by Gasteiger charge is 2.18. The fourth-order valence-corrected chi connectivity index (χ4v) is 3.56. The molecule has 0 radical (unpaired) electrons. The van der Waals surface area contributed by atoms with Crippen LogP contribution in [0.5, 0.6) is 0 Å². The van der Waals surface area contributed by atoms with Gasteiger partial charge in [-0.3, -0.25) is 4.79 Å². The first-order valence-corrected chi connectivity index (χ1v) is 9.79. The quantitative estimate of drug-likeness (QED) is 0.775. The van der Waals surface area contributed by atoms with Crippen LogP contribution in [-0.4, -0.2) is 44.2 Å². The van der Waals surface area contributed by atoms with Crippen LogP contribution in [0, 0.1) is 5.92 Å². The van der Waals surface area contributed by atoms with E-state index in [1.54, 1.807) is 4.90 Å². The van der Waals surface area contributed by atoms with Crippen LogP contribution in [0.3, 0.4) is 0 Å². The molecule has 0 aliphatic carbocycles. The lowest BCUT2D eigenvalue weighted by atomic mass is 10.0. The van der Waals surface area contributed by atoms with Gasteiger partial charge in [-0.05, 0) is 41.7 Å². The Hall–Kier alpha value is -2.33. The highest BCUT2D eigenvalue weighted by Crippen LogP contribution is 2.23. The van der Waals surface area contributed by atoms with Crippen molar-refractivity contribution in [2.24, 2.45) is 5.92 Å². The van der Waals surface area contributed by atoms with Gasteiger partial charge in [0.05, 0.1) is 13.2 Å². The van der Waals surface area contributed by atoms with E-state index < -0.39 is 0 Å². The first-order chi connectivity index (χ1) is 13.0. The van der Waals surface area contributed by atoms with E-state index in [2.05, 4.69) is 49.1 Å². The Morgan fingerprint density at radius 3 is 2.41 bits per heavy atom. The lowest BCUT2D eigenvalue weighted by molar-refractivity contribution is 0.0785. The predicted octanol–water partition coefficient (Wildman–Crippen LogP) is 3.99. The lowest BCUT2D eigenvalue weighted by Crippen LogP contribution is -2.37. The zero-order valence-corrected chi connectivity index (χ0v) is 16.6. The molecule has 1 fully saturated rings. The number of anilines is 1. The minimum atomic E-state index is 0.0582. The fourth-order valence-electron chi connectivity index (χ4n) is 3.56. The van der Waals surface area contributed by atoms with E-state index in [4.69, 9.17) is 4.74 Å². The Balaban J connectivity index is 1.69. The topological polar surface area (TPSA) is 32.8 Å². The molecule has 4 nitrogen and oxygen atoms in total. The summed E-state index contributed by atoms with van der Waals surface area (Å²) >= 11 is 0. The van der Waals surface area contributed by atoms with E-state index >= 15 is 0 Å². The number of carbonyl (C=O) groups is 1. The van der Waals surface area contributed by atoms with Crippen molar-refractivity contribution >= 4 is 11.6 Å². The van der Waals surface area contributed by atoms with Crippen LogP contribution >= 0.6 is 0 Å². The van der Waals surface area contributed by atoms with Gasteiger partial charge in [-0.25, -0.2) is 0 Å². The summed E-state index contributed by atoms with van der Waals surface area (Å²) in [5, 5.41) is 0.